The summed E-state index contributed by atoms with van der Waals surface area (Å²) >= 11 is 0. The largest absolute Gasteiger partial charge is 0.360 e. The van der Waals surface area contributed by atoms with Crippen molar-refractivity contribution < 1.29 is 4.79 Å². The van der Waals surface area contributed by atoms with Gasteiger partial charge in [-0.2, -0.15) is 0 Å². The zero-order chi connectivity index (χ0) is 16.4. The first-order valence-corrected chi connectivity index (χ1v) is 7.93. The van der Waals surface area contributed by atoms with Crippen LogP contribution in [0.2, 0.25) is 0 Å². The molecule has 0 saturated carbocycles. The molecule has 24 heavy (non-hydrogen) atoms. The number of aromatic nitrogens is 1. The van der Waals surface area contributed by atoms with Gasteiger partial charge in [0.1, 0.15) is 6.17 Å². The van der Waals surface area contributed by atoms with E-state index in [1.807, 2.05) is 71.6 Å². The van der Waals surface area contributed by atoms with Gasteiger partial charge < -0.3 is 10.2 Å². The fraction of sp³-hybridized carbons (Fsp3) is 0.100. The molecule has 1 aliphatic rings. The van der Waals surface area contributed by atoms with Gasteiger partial charge in [0.15, 0.2) is 0 Å². The maximum absolute atomic E-state index is 12.9. The molecule has 4 rings (SSSR count). The number of benzene rings is 2. The molecule has 4 nitrogen and oxygen atoms in total. The van der Waals surface area contributed by atoms with Gasteiger partial charge in [-0.25, -0.2) is 0 Å². The van der Waals surface area contributed by atoms with Crippen molar-refractivity contribution in [3.8, 4) is 0 Å². The van der Waals surface area contributed by atoms with Gasteiger partial charge in [-0.05, 0) is 23.8 Å². The number of pyridine rings is 1. The smallest absolute Gasteiger partial charge is 0.256 e. The van der Waals surface area contributed by atoms with Crippen LogP contribution >= 0.6 is 0 Å². The van der Waals surface area contributed by atoms with E-state index in [0.29, 0.717) is 6.54 Å². The number of fused-ring (bicyclic) bond motifs is 1. The number of carbonyl (C=O) groups is 1. The number of carbonyl (C=O) groups excluding carboxylic acids is 1. The molecule has 1 aromatic heterocycles. The Kier molecular flexibility index (Phi) is 3.71. The van der Waals surface area contributed by atoms with Crippen LogP contribution in [0.15, 0.2) is 79.1 Å². The van der Waals surface area contributed by atoms with E-state index in [2.05, 4.69) is 10.3 Å². The third kappa shape index (κ3) is 2.63. The second-order valence-corrected chi connectivity index (χ2v) is 5.79. The van der Waals surface area contributed by atoms with Crippen molar-refractivity contribution in [1.82, 2.24) is 9.88 Å². The van der Waals surface area contributed by atoms with Crippen molar-refractivity contribution in [3.63, 3.8) is 0 Å². The minimum atomic E-state index is -0.196. The van der Waals surface area contributed by atoms with Gasteiger partial charge in [0, 0.05) is 30.1 Å². The van der Waals surface area contributed by atoms with E-state index >= 15 is 0 Å². The molecule has 0 bridgehead atoms. The third-order valence-electron chi connectivity index (χ3n) is 4.22. The number of anilines is 1. The van der Waals surface area contributed by atoms with Gasteiger partial charge in [0.05, 0.1) is 5.69 Å². The lowest BCUT2D eigenvalue weighted by atomic mass is 10.1. The third-order valence-corrected chi connectivity index (χ3v) is 4.22. The first-order valence-electron chi connectivity index (χ1n) is 7.93. The quantitative estimate of drug-likeness (QED) is 0.795. The Morgan fingerprint density at radius 1 is 0.958 bits per heavy atom. The normalized spacial score (nSPS) is 16.1. The van der Waals surface area contributed by atoms with Crippen LogP contribution in [0.4, 0.5) is 5.69 Å². The van der Waals surface area contributed by atoms with Crippen molar-refractivity contribution in [2.45, 2.75) is 12.7 Å². The monoisotopic (exact) mass is 315 g/mol. The Morgan fingerprint density at radius 3 is 2.54 bits per heavy atom. The summed E-state index contributed by atoms with van der Waals surface area (Å²) in [7, 11) is 0. The molecule has 0 spiro atoms. The molecule has 0 fully saturated rings. The second-order valence-electron chi connectivity index (χ2n) is 5.79. The molecule has 118 valence electrons. The van der Waals surface area contributed by atoms with Crippen LogP contribution in [-0.4, -0.2) is 15.8 Å². The molecular weight excluding hydrogens is 298 g/mol. The minimum absolute atomic E-state index is 0.0517. The standard InChI is InChI=1S/C20H17N3O/c24-20-18-11-5-4-10-17(18)19(22-16-9-6-12-21-13-16)23(20)14-15-7-2-1-3-8-15/h1-13,19,22H,14H2/t19-/m1/s1. The van der Waals surface area contributed by atoms with Gasteiger partial charge in [0.2, 0.25) is 0 Å². The average Bonchev–Trinajstić information content (AvgIpc) is 2.90. The van der Waals surface area contributed by atoms with E-state index in [1.54, 1.807) is 12.4 Å². The first kappa shape index (κ1) is 14.5. The Balaban J connectivity index is 1.69. The van der Waals surface area contributed by atoms with E-state index in [-0.39, 0.29) is 12.1 Å². The lowest BCUT2D eigenvalue weighted by Gasteiger charge is -2.27. The summed E-state index contributed by atoms with van der Waals surface area (Å²) in [6, 6.07) is 21.7. The molecule has 2 aromatic carbocycles. The van der Waals surface area contributed by atoms with Crippen LogP contribution in [0.3, 0.4) is 0 Å². The number of hydrogen-bond donors (Lipinski definition) is 1. The van der Waals surface area contributed by atoms with E-state index in [4.69, 9.17) is 0 Å². The molecule has 0 aliphatic carbocycles. The summed E-state index contributed by atoms with van der Waals surface area (Å²) in [5.74, 6) is 0.0517. The number of nitrogens with one attached hydrogen (secondary N) is 1. The molecule has 1 amide bonds. The zero-order valence-electron chi connectivity index (χ0n) is 13.1. The van der Waals surface area contributed by atoms with E-state index in [9.17, 15) is 4.79 Å². The molecular formula is C20H17N3O. The van der Waals surface area contributed by atoms with Crippen molar-refractivity contribution in [1.29, 1.82) is 0 Å². The SMILES string of the molecule is O=C1c2ccccc2[C@H](Nc2cccnc2)N1Cc1ccccc1. The van der Waals surface area contributed by atoms with E-state index in [0.717, 1.165) is 22.4 Å². The van der Waals surface area contributed by atoms with Gasteiger partial charge in [0.25, 0.3) is 5.91 Å². The molecule has 4 heteroatoms. The Bertz CT molecular complexity index is 849. The molecule has 1 atom stereocenters. The lowest BCUT2D eigenvalue weighted by Crippen LogP contribution is -2.31. The second kappa shape index (κ2) is 6.16. The molecule has 2 heterocycles. The van der Waals surface area contributed by atoms with Crippen molar-refractivity contribution in [3.05, 3.63) is 95.8 Å². The maximum Gasteiger partial charge on any atom is 0.256 e. The summed E-state index contributed by atoms with van der Waals surface area (Å²) in [5, 5.41) is 3.44. The van der Waals surface area contributed by atoms with Crippen LogP contribution in [0.5, 0.6) is 0 Å². The predicted molar refractivity (Wildman–Crippen MR) is 93.4 cm³/mol. The molecule has 0 radical (unpaired) electrons. The van der Waals surface area contributed by atoms with Gasteiger partial charge in [-0.3, -0.25) is 9.78 Å². The van der Waals surface area contributed by atoms with Crippen LogP contribution in [0.25, 0.3) is 0 Å². The number of amides is 1. The zero-order valence-corrected chi connectivity index (χ0v) is 13.1. The van der Waals surface area contributed by atoms with Gasteiger partial charge in [-0.1, -0.05) is 48.5 Å². The fourth-order valence-corrected chi connectivity index (χ4v) is 3.07. The minimum Gasteiger partial charge on any atom is -0.360 e. The molecule has 0 unspecified atom stereocenters. The summed E-state index contributed by atoms with van der Waals surface area (Å²) < 4.78 is 0. The Labute approximate surface area is 140 Å². The van der Waals surface area contributed by atoms with Crippen LogP contribution < -0.4 is 5.32 Å². The van der Waals surface area contributed by atoms with Gasteiger partial charge in [-0.15, -0.1) is 0 Å². The van der Waals surface area contributed by atoms with Crippen LogP contribution in [0.1, 0.15) is 27.7 Å². The fourth-order valence-electron chi connectivity index (χ4n) is 3.07. The Morgan fingerprint density at radius 2 is 1.75 bits per heavy atom. The topological polar surface area (TPSA) is 45.2 Å². The summed E-state index contributed by atoms with van der Waals surface area (Å²) in [5.41, 5.74) is 3.76. The summed E-state index contributed by atoms with van der Waals surface area (Å²) in [6.45, 7) is 0.562. The van der Waals surface area contributed by atoms with Gasteiger partial charge >= 0.3 is 0 Å². The highest BCUT2D eigenvalue weighted by atomic mass is 16.2. The van der Waals surface area contributed by atoms with E-state index < -0.39 is 0 Å². The van der Waals surface area contributed by atoms with Crippen molar-refractivity contribution in [2.75, 3.05) is 5.32 Å². The van der Waals surface area contributed by atoms with Crippen LogP contribution in [-0.2, 0) is 6.54 Å². The highest BCUT2D eigenvalue weighted by Crippen LogP contribution is 2.35. The number of nitrogens with zero attached hydrogens (tertiary/aromatic N) is 2. The molecule has 1 aliphatic heterocycles. The predicted octanol–water partition coefficient (Wildman–Crippen LogP) is 3.85. The van der Waals surface area contributed by atoms with Crippen molar-refractivity contribution >= 4 is 11.6 Å². The number of rotatable bonds is 4. The van der Waals surface area contributed by atoms with E-state index in [1.165, 1.54) is 0 Å². The molecule has 0 saturated heterocycles. The maximum atomic E-state index is 12.9. The average molecular weight is 315 g/mol. The van der Waals surface area contributed by atoms with Crippen LogP contribution in [0, 0.1) is 0 Å². The van der Waals surface area contributed by atoms with Crippen molar-refractivity contribution in [2.24, 2.45) is 0 Å². The highest BCUT2D eigenvalue weighted by Gasteiger charge is 2.36. The summed E-state index contributed by atoms with van der Waals surface area (Å²) in [6.07, 6.45) is 3.31. The lowest BCUT2D eigenvalue weighted by molar-refractivity contribution is 0.0729. The first-order chi connectivity index (χ1) is 11.8. The Hall–Kier alpha value is -3.14. The summed E-state index contributed by atoms with van der Waals surface area (Å²) in [4.78, 5) is 18.9. The highest BCUT2D eigenvalue weighted by molar-refractivity contribution is 5.99. The molecule has 3 aromatic rings. The number of hydrogen-bond acceptors (Lipinski definition) is 3. The molecule has 1 N–H and O–H groups in total.